The van der Waals surface area contributed by atoms with E-state index < -0.39 is 0 Å². The van der Waals surface area contributed by atoms with Gasteiger partial charge in [-0.15, -0.1) is 0 Å². The highest BCUT2D eigenvalue weighted by Crippen LogP contribution is 2.47. The van der Waals surface area contributed by atoms with Gasteiger partial charge in [0, 0.05) is 0 Å². The van der Waals surface area contributed by atoms with Crippen molar-refractivity contribution in [3.05, 3.63) is 37.0 Å². The Hall–Kier alpha value is -0.780. The third-order valence-electron chi connectivity index (χ3n) is 6.35. The second-order valence-corrected chi connectivity index (χ2v) is 8.76. The minimum absolute atomic E-state index is 0.708. The maximum atomic E-state index is 3.78. The molecule has 7 unspecified atom stereocenters. The molecule has 7 atom stereocenters. The molecule has 0 heterocycles. The van der Waals surface area contributed by atoms with E-state index in [4.69, 9.17) is 0 Å². The summed E-state index contributed by atoms with van der Waals surface area (Å²) in [5, 5.41) is 0. The molecular weight excluding hydrogens is 288 g/mol. The van der Waals surface area contributed by atoms with E-state index in [1.165, 1.54) is 32.1 Å². The van der Waals surface area contributed by atoms with Crippen LogP contribution in [-0.2, 0) is 0 Å². The third kappa shape index (κ3) is 6.99. The molecule has 0 aromatic carbocycles. The first-order valence-corrected chi connectivity index (χ1v) is 10.3. The van der Waals surface area contributed by atoms with Gasteiger partial charge in [0.2, 0.25) is 0 Å². The standard InChI is InChI=1S/C24H42/c1-8-10-12-21(6)24-17-23(22(24)7)14-13-19(4)16-20(5)15-18(3)11-9-2/h8-12,18-24H,1,13-17H2,2-7H3/b11-9-,12-10-. The fraction of sp³-hybridized carbons (Fsp3) is 0.750. The maximum Gasteiger partial charge on any atom is -0.0228 e. The second kappa shape index (κ2) is 11.0. The molecular formula is C24H42. The Balaban J connectivity index is 2.25. The average molecular weight is 331 g/mol. The first-order valence-electron chi connectivity index (χ1n) is 10.3. The van der Waals surface area contributed by atoms with Crippen LogP contribution in [0.15, 0.2) is 37.0 Å². The Bertz CT molecular complexity index is 402. The zero-order valence-corrected chi connectivity index (χ0v) is 17.2. The van der Waals surface area contributed by atoms with Crippen LogP contribution in [0.1, 0.15) is 73.6 Å². The molecule has 0 saturated heterocycles. The fourth-order valence-corrected chi connectivity index (χ4v) is 4.84. The lowest BCUT2D eigenvalue weighted by molar-refractivity contribution is 0.0470. The smallest absolute Gasteiger partial charge is 0.0228 e. The molecule has 0 radical (unpaired) electrons. The van der Waals surface area contributed by atoms with Gasteiger partial charge in [-0.3, -0.25) is 0 Å². The third-order valence-corrected chi connectivity index (χ3v) is 6.35. The van der Waals surface area contributed by atoms with Gasteiger partial charge in [0.25, 0.3) is 0 Å². The summed E-state index contributed by atoms with van der Waals surface area (Å²) in [5.41, 5.74) is 0. The molecule has 1 saturated carbocycles. The summed E-state index contributed by atoms with van der Waals surface area (Å²) in [5.74, 6) is 5.92. The van der Waals surface area contributed by atoms with Gasteiger partial charge >= 0.3 is 0 Å². The molecule has 1 aliphatic rings. The van der Waals surface area contributed by atoms with Gasteiger partial charge in [-0.1, -0.05) is 78.0 Å². The average Bonchev–Trinajstić information content (AvgIpc) is 2.51. The molecule has 1 rings (SSSR count). The van der Waals surface area contributed by atoms with Crippen LogP contribution in [0.4, 0.5) is 0 Å². The normalized spacial score (nSPS) is 29.3. The van der Waals surface area contributed by atoms with Gasteiger partial charge in [-0.05, 0) is 74.0 Å². The van der Waals surface area contributed by atoms with Gasteiger partial charge in [-0.25, -0.2) is 0 Å². The van der Waals surface area contributed by atoms with Crippen LogP contribution in [0, 0.1) is 41.4 Å². The monoisotopic (exact) mass is 330 g/mol. The maximum absolute atomic E-state index is 3.78. The highest BCUT2D eigenvalue weighted by atomic mass is 14.4. The highest BCUT2D eigenvalue weighted by molar-refractivity contribution is 5.03. The van der Waals surface area contributed by atoms with E-state index in [0.717, 1.165) is 35.5 Å². The quantitative estimate of drug-likeness (QED) is 0.269. The van der Waals surface area contributed by atoms with Crippen molar-refractivity contribution in [3.63, 3.8) is 0 Å². The lowest BCUT2D eigenvalue weighted by Gasteiger charge is -2.46. The topological polar surface area (TPSA) is 0 Å². The molecule has 24 heavy (non-hydrogen) atoms. The number of hydrogen-bond acceptors (Lipinski definition) is 0. The van der Waals surface area contributed by atoms with Crippen molar-refractivity contribution in [2.75, 3.05) is 0 Å². The van der Waals surface area contributed by atoms with Crippen LogP contribution < -0.4 is 0 Å². The van der Waals surface area contributed by atoms with E-state index in [-0.39, 0.29) is 0 Å². The number of allylic oxidation sites excluding steroid dienone is 5. The van der Waals surface area contributed by atoms with Gasteiger partial charge < -0.3 is 0 Å². The Morgan fingerprint density at radius 2 is 1.75 bits per heavy atom. The van der Waals surface area contributed by atoms with Crippen molar-refractivity contribution < 1.29 is 0 Å². The summed E-state index contributed by atoms with van der Waals surface area (Å²) in [4.78, 5) is 0. The summed E-state index contributed by atoms with van der Waals surface area (Å²) < 4.78 is 0. The van der Waals surface area contributed by atoms with Crippen LogP contribution in [0.2, 0.25) is 0 Å². The summed E-state index contributed by atoms with van der Waals surface area (Å²) >= 11 is 0. The van der Waals surface area contributed by atoms with Crippen LogP contribution in [0.5, 0.6) is 0 Å². The fourth-order valence-electron chi connectivity index (χ4n) is 4.84. The molecule has 0 bridgehead atoms. The van der Waals surface area contributed by atoms with E-state index in [2.05, 4.69) is 72.4 Å². The molecule has 0 spiro atoms. The largest absolute Gasteiger partial charge is 0.0991 e. The summed E-state index contributed by atoms with van der Waals surface area (Å²) in [6.45, 7) is 18.0. The Labute approximate surface area is 152 Å². The zero-order chi connectivity index (χ0) is 18.1. The first kappa shape index (κ1) is 21.3. The lowest BCUT2D eigenvalue weighted by atomic mass is 9.59. The van der Waals surface area contributed by atoms with Crippen molar-refractivity contribution in [1.29, 1.82) is 0 Å². The minimum atomic E-state index is 0.708. The Kier molecular flexibility index (Phi) is 9.71. The first-order chi connectivity index (χ1) is 11.4. The predicted molar refractivity (Wildman–Crippen MR) is 110 cm³/mol. The molecule has 138 valence electrons. The molecule has 0 heteroatoms. The van der Waals surface area contributed by atoms with Crippen molar-refractivity contribution in [2.45, 2.75) is 73.6 Å². The van der Waals surface area contributed by atoms with Gasteiger partial charge in [0.05, 0.1) is 0 Å². The highest BCUT2D eigenvalue weighted by Gasteiger charge is 2.39. The molecule has 0 amide bonds. The van der Waals surface area contributed by atoms with E-state index in [1.807, 2.05) is 6.08 Å². The zero-order valence-electron chi connectivity index (χ0n) is 17.2. The molecule has 1 fully saturated rings. The second-order valence-electron chi connectivity index (χ2n) is 8.76. The SMILES string of the molecule is C=C/C=C\C(C)C1CC(CCC(C)CC(C)CC(C)/C=C\C)C1C. The Morgan fingerprint density at radius 3 is 2.33 bits per heavy atom. The van der Waals surface area contributed by atoms with Crippen LogP contribution in [-0.4, -0.2) is 0 Å². The molecule has 1 aliphatic carbocycles. The van der Waals surface area contributed by atoms with E-state index in [1.54, 1.807) is 0 Å². The van der Waals surface area contributed by atoms with Gasteiger partial charge in [-0.2, -0.15) is 0 Å². The van der Waals surface area contributed by atoms with E-state index in [9.17, 15) is 0 Å². The summed E-state index contributed by atoms with van der Waals surface area (Å²) in [6, 6.07) is 0. The summed E-state index contributed by atoms with van der Waals surface area (Å²) in [6.07, 6.45) is 17.9. The van der Waals surface area contributed by atoms with Gasteiger partial charge in [0.15, 0.2) is 0 Å². The number of hydrogen-bond donors (Lipinski definition) is 0. The van der Waals surface area contributed by atoms with Crippen LogP contribution >= 0.6 is 0 Å². The van der Waals surface area contributed by atoms with Crippen molar-refractivity contribution >= 4 is 0 Å². The van der Waals surface area contributed by atoms with Crippen molar-refractivity contribution in [1.82, 2.24) is 0 Å². The van der Waals surface area contributed by atoms with Crippen molar-refractivity contribution in [3.8, 4) is 0 Å². The van der Waals surface area contributed by atoms with E-state index in [0.29, 0.717) is 5.92 Å². The molecule has 0 aromatic heterocycles. The number of rotatable bonds is 11. The lowest BCUT2D eigenvalue weighted by Crippen LogP contribution is -2.38. The minimum Gasteiger partial charge on any atom is -0.0991 e. The van der Waals surface area contributed by atoms with Gasteiger partial charge in [0.1, 0.15) is 0 Å². The Morgan fingerprint density at radius 1 is 1.04 bits per heavy atom. The van der Waals surface area contributed by atoms with Crippen molar-refractivity contribution in [2.24, 2.45) is 41.4 Å². The molecule has 0 nitrogen and oxygen atoms in total. The molecule has 0 aliphatic heterocycles. The van der Waals surface area contributed by atoms with E-state index >= 15 is 0 Å². The van der Waals surface area contributed by atoms with Crippen LogP contribution in [0.25, 0.3) is 0 Å². The molecule has 0 N–H and O–H groups in total. The summed E-state index contributed by atoms with van der Waals surface area (Å²) in [7, 11) is 0. The predicted octanol–water partition coefficient (Wildman–Crippen LogP) is 7.68. The van der Waals surface area contributed by atoms with Crippen LogP contribution in [0.3, 0.4) is 0 Å². The molecule has 0 aromatic rings.